The molecule has 1 aromatic carbocycles. The van der Waals surface area contributed by atoms with E-state index < -0.39 is 0 Å². The van der Waals surface area contributed by atoms with Crippen LogP contribution in [0, 0.1) is 6.92 Å². The molecule has 0 saturated carbocycles. The number of hydrogen-bond acceptors (Lipinski definition) is 4. The molecular weight excluding hydrogens is 218 g/mol. The van der Waals surface area contributed by atoms with Gasteiger partial charge < -0.3 is 5.11 Å². The maximum Gasteiger partial charge on any atom is 0.258 e. The van der Waals surface area contributed by atoms with Gasteiger partial charge >= 0.3 is 0 Å². The summed E-state index contributed by atoms with van der Waals surface area (Å²) in [5.74, 6) is -0.0318. The van der Waals surface area contributed by atoms with E-state index in [0.29, 0.717) is 5.56 Å². The van der Waals surface area contributed by atoms with Gasteiger partial charge in [0, 0.05) is 18.0 Å². The summed E-state index contributed by atoms with van der Waals surface area (Å²) < 4.78 is 0. The van der Waals surface area contributed by atoms with Crippen LogP contribution < -0.4 is 5.32 Å². The number of hydrogen-bond donors (Lipinski definition) is 2. The van der Waals surface area contributed by atoms with E-state index in [4.69, 9.17) is 0 Å². The first-order chi connectivity index (χ1) is 8.16. The van der Waals surface area contributed by atoms with Crippen LogP contribution in [0.1, 0.15) is 15.9 Å². The van der Waals surface area contributed by atoms with Crippen LogP contribution in [0.25, 0.3) is 0 Å². The fourth-order valence-corrected chi connectivity index (χ4v) is 1.29. The molecule has 1 aromatic heterocycles. The standard InChI is InChI=1S/C12H11N3O2/c1-8-3-4-9(7-10(8)16)11(17)15-12-13-5-2-6-14-12/h2-7,16H,1H3,(H,13,14,15,17). The third-order valence-corrected chi connectivity index (χ3v) is 2.26. The normalized spacial score (nSPS) is 9.94. The number of anilines is 1. The van der Waals surface area contributed by atoms with Crippen molar-refractivity contribution in [3.8, 4) is 5.75 Å². The lowest BCUT2D eigenvalue weighted by Gasteiger charge is -2.04. The summed E-state index contributed by atoms with van der Waals surface area (Å²) in [6.45, 7) is 1.76. The minimum Gasteiger partial charge on any atom is -0.508 e. The number of rotatable bonds is 2. The van der Waals surface area contributed by atoms with Crippen LogP contribution in [0.2, 0.25) is 0 Å². The van der Waals surface area contributed by atoms with Crippen molar-refractivity contribution in [1.82, 2.24) is 9.97 Å². The number of benzene rings is 1. The molecule has 0 unspecified atom stereocenters. The molecule has 2 N–H and O–H groups in total. The van der Waals surface area contributed by atoms with E-state index in [2.05, 4.69) is 15.3 Å². The molecule has 0 aliphatic rings. The van der Waals surface area contributed by atoms with Gasteiger partial charge in [0.25, 0.3) is 5.91 Å². The zero-order valence-electron chi connectivity index (χ0n) is 9.21. The van der Waals surface area contributed by atoms with Crippen LogP contribution in [0.3, 0.4) is 0 Å². The van der Waals surface area contributed by atoms with Gasteiger partial charge in [0.1, 0.15) is 5.75 Å². The smallest absolute Gasteiger partial charge is 0.258 e. The van der Waals surface area contributed by atoms with E-state index in [0.717, 1.165) is 5.56 Å². The van der Waals surface area contributed by atoms with Crippen molar-refractivity contribution in [2.45, 2.75) is 6.92 Å². The highest BCUT2D eigenvalue weighted by Gasteiger charge is 2.08. The van der Waals surface area contributed by atoms with Crippen molar-refractivity contribution in [1.29, 1.82) is 0 Å². The van der Waals surface area contributed by atoms with Crippen LogP contribution in [0.4, 0.5) is 5.95 Å². The SMILES string of the molecule is Cc1ccc(C(=O)Nc2ncccn2)cc1O. The number of aryl methyl sites for hydroxylation is 1. The largest absolute Gasteiger partial charge is 0.508 e. The molecule has 5 heteroatoms. The molecule has 17 heavy (non-hydrogen) atoms. The second-order valence-electron chi connectivity index (χ2n) is 3.53. The van der Waals surface area contributed by atoms with Crippen molar-refractivity contribution in [2.75, 3.05) is 5.32 Å². The Morgan fingerprint density at radius 3 is 2.65 bits per heavy atom. The molecule has 0 aliphatic heterocycles. The van der Waals surface area contributed by atoms with Crippen molar-refractivity contribution in [3.63, 3.8) is 0 Å². The van der Waals surface area contributed by atoms with E-state index in [1.54, 1.807) is 25.1 Å². The zero-order valence-corrected chi connectivity index (χ0v) is 9.21. The molecule has 0 fully saturated rings. The van der Waals surface area contributed by atoms with Crippen LogP contribution in [-0.4, -0.2) is 21.0 Å². The van der Waals surface area contributed by atoms with Gasteiger partial charge in [-0.25, -0.2) is 9.97 Å². The van der Waals surface area contributed by atoms with Gasteiger partial charge in [-0.2, -0.15) is 0 Å². The monoisotopic (exact) mass is 229 g/mol. The Hall–Kier alpha value is -2.43. The summed E-state index contributed by atoms with van der Waals surface area (Å²) in [4.78, 5) is 19.5. The molecule has 5 nitrogen and oxygen atoms in total. The molecule has 1 amide bonds. The lowest BCUT2D eigenvalue weighted by atomic mass is 10.1. The number of amides is 1. The van der Waals surface area contributed by atoms with E-state index in [1.165, 1.54) is 18.5 Å². The van der Waals surface area contributed by atoms with Crippen molar-refractivity contribution < 1.29 is 9.90 Å². The summed E-state index contributed by atoms with van der Waals surface area (Å²) in [5.41, 5.74) is 1.08. The summed E-state index contributed by atoms with van der Waals surface area (Å²) in [5, 5.41) is 12.0. The minimum absolute atomic E-state index is 0.0895. The Balaban J connectivity index is 2.18. The van der Waals surface area contributed by atoms with E-state index in [-0.39, 0.29) is 17.6 Å². The Morgan fingerprint density at radius 1 is 1.29 bits per heavy atom. The van der Waals surface area contributed by atoms with Crippen molar-refractivity contribution >= 4 is 11.9 Å². The van der Waals surface area contributed by atoms with E-state index >= 15 is 0 Å². The number of carbonyl (C=O) groups is 1. The highest BCUT2D eigenvalue weighted by molar-refractivity contribution is 6.03. The number of aromatic nitrogens is 2. The average Bonchev–Trinajstić information content (AvgIpc) is 2.34. The highest BCUT2D eigenvalue weighted by atomic mass is 16.3. The number of phenols is 1. The molecule has 0 saturated heterocycles. The van der Waals surface area contributed by atoms with E-state index in [9.17, 15) is 9.90 Å². The van der Waals surface area contributed by atoms with E-state index in [1.807, 2.05) is 0 Å². The van der Waals surface area contributed by atoms with Gasteiger partial charge in [0.05, 0.1) is 0 Å². The lowest BCUT2D eigenvalue weighted by Crippen LogP contribution is -2.13. The maximum absolute atomic E-state index is 11.8. The molecule has 0 bridgehead atoms. The summed E-state index contributed by atoms with van der Waals surface area (Å²) in [6, 6.07) is 6.38. The molecule has 2 aromatic rings. The first kappa shape index (κ1) is 11.1. The second kappa shape index (κ2) is 4.61. The fourth-order valence-electron chi connectivity index (χ4n) is 1.29. The summed E-state index contributed by atoms with van der Waals surface area (Å²) >= 11 is 0. The quantitative estimate of drug-likeness (QED) is 0.822. The number of nitrogens with zero attached hydrogens (tertiary/aromatic N) is 2. The molecule has 0 aliphatic carbocycles. The summed E-state index contributed by atoms with van der Waals surface area (Å²) in [6.07, 6.45) is 3.07. The average molecular weight is 229 g/mol. The van der Waals surface area contributed by atoms with Crippen LogP contribution in [0.5, 0.6) is 5.75 Å². The molecule has 0 atom stereocenters. The van der Waals surface area contributed by atoms with Crippen molar-refractivity contribution in [3.05, 3.63) is 47.8 Å². The first-order valence-electron chi connectivity index (χ1n) is 5.05. The zero-order chi connectivity index (χ0) is 12.3. The van der Waals surface area contributed by atoms with Crippen LogP contribution >= 0.6 is 0 Å². The van der Waals surface area contributed by atoms with Gasteiger partial charge in [-0.05, 0) is 30.7 Å². The molecule has 1 heterocycles. The predicted octanol–water partition coefficient (Wildman–Crippen LogP) is 1.74. The molecule has 0 spiro atoms. The van der Waals surface area contributed by atoms with Gasteiger partial charge in [-0.1, -0.05) is 6.07 Å². The third kappa shape index (κ3) is 2.57. The number of aromatic hydroxyl groups is 1. The van der Waals surface area contributed by atoms with Gasteiger partial charge in [-0.3, -0.25) is 10.1 Å². The fraction of sp³-hybridized carbons (Fsp3) is 0.0833. The van der Waals surface area contributed by atoms with Crippen molar-refractivity contribution in [2.24, 2.45) is 0 Å². The summed E-state index contributed by atoms with van der Waals surface area (Å²) in [7, 11) is 0. The first-order valence-corrected chi connectivity index (χ1v) is 5.05. The number of phenolic OH excluding ortho intramolecular Hbond substituents is 1. The lowest BCUT2D eigenvalue weighted by molar-refractivity contribution is 0.102. The van der Waals surface area contributed by atoms with Crippen LogP contribution in [-0.2, 0) is 0 Å². The molecule has 86 valence electrons. The molecule has 0 radical (unpaired) electrons. The topological polar surface area (TPSA) is 75.1 Å². The maximum atomic E-state index is 11.8. The highest BCUT2D eigenvalue weighted by Crippen LogP contribution is 2.17. The molecular formula is C12H11N3O2. The van der Waals surface area contributed by atoms with Gasteiger partial charge in [0.15, 0.2) is 0 Å². The Kier molecular flexibility index (Phi) is 3.00. The molecule has 2 rings (SSSR count). The number of nitrogens with one attached hydrogen (secondary N) is 1. The predicted molar refractivity (Wildman–Crippen MR) is 62.8 cm³/mol. The number of carbonyl (C=O) groups excluding carboxylic acids is 1. The Morgan fingerprint density at radius 2 is 2.00 bits per heavy atom. The third-order valence-electron chi connectivity index (χ3n) is 2.26. The minimum atomic E-state index is -0.355. The second-order valence-corrected chi connectivity index (χ2v) is 3.53. The van der Waals surface area contributed by atoms with Crippen LogP contribution in [0.15, 0.2) is 36.7 Å². The van der Waals surface area contributed by atoms with Gasteiger partial charge in [-0.15, -0.1) is 0 Å². The Labute approximate surface area is 98.2 Å². The Bertz CT molecular complexity index is 541. The van der Waals surface area contributed by atoms with Gasteiger partial charge in [0.2, 0.25) is 5.95 Å².